The fraction of sp³-hybridized carbons (Fsp3) is 0.556. The van der Waals surface area contributed by atoms with Crippen molar-refractivity contribution < 1.29 is 0 Å². The van der Waals surface area contributed by atoms with Gasteiger partial charge in [0, 0.05) is 41.6 Å². The highest BCUT2D eigenvalue weighted by Gasteiger charge is 2.08. The molecule has 0 saturated heterocycles. The minimum atomic E-state index is 0. The highest BCUT2D eigenvalue weighted by molar-refractivity contribution is 14.0. The van der Waals surface area contributed by atoms with Crippen LogP contribution in [0.2, 0.25) is 0 Å². The molecule has 0 fully saturated rings. The van der Waals surface area contributed by atoms with Gasteiger partial charge in [0.25, 0.3) is 0 Å². The Morgan fingerprint density at radius 1 is 1.24 bits per heavy atom. The average Bonchev–Trinajstić information content (AvgIpc) is 3.23. The van der Waals surface area contributed by atoms with Crippen LogP contribution in [0.4, 0.5) is 0 Å². The molecule has 2 heterocycles. The highest BCUT2D eigenvalue weighted by atomic mass is 127. The summed E-state index contributed by atoms with van der Waals surface area (Å²) in [5, 5.41) is 12.2. The van der Waals surface area contributed by atoms with Gasteiger partial charge in [0.1, 0.15) is 0 Å². The number of halogens is 1. The third-order valence-corrected chi connectivity index (χ3v) is 5.93. The second-order valence-corrected chi connectivity index (χ2v) is 8.01. The van der Waals surface area contributed by atoms with Crippen molar-refractivity contribution >= 4 is 52.6 Å². The number of aromatic nitrogens is 1. The standard InChI is InChI=1S/C18H28N4S2.HI/c1-5-19-18(21-11-14(4)16-7-6-10-23-16)20-9-8-15-12-24-17(22-15)13(2)3;/h6-7,10,12-14H,5,8-9,11H2,1-4H3,(H2,19,20,21);1H. The van der Waals surface area contributed by atoms with E-state index >= 15 is 0 Å². The fourth-order valence-electron chi connectivity index (χ4n) is 2.24. The zero-order valence-corrected chi connectivity index (χ0v) is 19.4. The zero-order chi connectivity index (χ0) is 17.4. The predicted molar refractivity (Wildman–Crippen MR) is 122 cm³/mol. The highest BCUT2D eigenvalue weighted by Crippen LogP contribution is 2.21. The second kappa shape index (κ2) is 11.9. The van der Waals surface area contributed by atoms with Crippen LogP contribution in [-0.4, -0.2) is 30.6 Å². The topological polar surface area (TPSA) is 49.3 Å². The van der Waals surface area contributed by atoms with Gasteiger partial charge in [0.2, 0.25) is 0 Å². The second-order valence-electron chi connectivity index (χ2n) is 6.14. The molecule has 4 nitrogen and oxygen atoms in total. The van der Waals surface area contributed by atoms with Crippen LogP contribution in [0.25, 0.3) is 0 Å². The van der Waals surface area contributed by atoms with E-state index in [-0.39, 0.29) is 24.0 Å². The summed E-state index contributed by atoms with van der Waals surface area (Å²) in [5.74, 6) is 1.85. The summed E-state index contributed by atoms with van der Waals surface area (Å²) in [6, 6.07) is 4.28. The molecule has 2 aromatic rings. The molecular weight excluding hydrogens is 463 g/mol. The Balaban J connectivity index is 0.00000312. The third kappa shape index (κ3) is 7.62. The molecule has 0 bridgehead atoms. The maximum absolute atomic E-state index is 4.72. The molecule has 25 heavy (non-hydrogen) atoms. The number of thiazole rings is 1. The number of hydrogen-bond acceptors (Lipinski definition) is 4. The van der Waals surface area contributed by atoms with Crippen molar-refractivity contribution in [2.24, 2.45) is 4.99 Å². The van der Waals surface area contributed by atoms with Crippen molar-refractivity contribution in [2.75, 3.05) is 19.6 Å². The molecule has 0 aliphatic carbocycles. The number of thiophene rings is 1. The first kappa shape index (κ1) is 22.4. The molecule has 0 saturated carbocycles. The van der Waals surface area contributed by atoms with Crippen molar-refractivity contribution in [3.63, 3.8) is 0 Å². The molecule has 2 aromatic heterocycles. The number of nitrogens with zero attached hydrogens (tertiary/aromatic N) is 2. The minimum absolute atomic E-state index is 0. The van der Waals surface area contributed by atoms with Gasteiger partial charge in [-0.15, -0.1) is 46.7 Å². The van der Waals surface area contributed by atoms with Gasteiger partial charge in [0.15, 0.2) is 5.96 Å². The predicted octanol–water partition coefficient (Wildman–Crippen LogP) is 4.85. The van der Waals surface area contributed by atoms with E-state index in [0.29, 0.717) is 11.8 Å². The smallest absolute Gasteiger partial charge is 0.191 e. The molecule has 0 amide bonds. The van der Waals surface area contributed by atoms with Crippen LogP contribution >= 0.6 is 46.7 Å². The summed E-state index contributed by atoms with van der Waals surface area (Å²) in [4.78, 5) is 10.8. The molecule has 7 heteroatoms. The van der Waals surface area contributed by atoms with Gasteiger partial charge < -0.3 is 10.6 Å². The molecule has 1 unspecified atom stereocenters. The molecule has 0 radical (unpaired) electrons. The lowest BCUT2D eigenvalue weighted by Crippen LogP contribution is -2.38. The largest absolute Gasteiger partial charge is 0.357 e. The van der Waals surface area contributed by atoms with E-state index in [9.17, 15) is 0 Å². The third-order valence-electron chi connectivity index (χ3n) is 3.63. The maximum Gasteiger partial charge on any atom is 0.191 e. The van der Waals surface area contributed by atoms with Crippen LogP contribution in [0.3, 0.4) is 0 Å². The zero-order valence-electron chi connectivity index (χ0n) is 15.4. The van der Waals surface area contributed by atoms with E-state index in [4.69, 9.17) is 4.99 Å². The van der Waals surface area contributed by atoms with Crippen molar-refractivity contribution in [3.8, 4) is 0 Å². The monoisotopic (exact) mass is 492 g/mol. The van der Waals surface area contributed by atoms with Crippen LogP contribution in [0.5, 0.6) is 0 Å². The number of nitrogens with one attached hydrogen (secondary N) is 2. The van der Waals surface area contributed by atoms with Crippen molar-refractivity contribution in [1.29, 1.82) is 0 Å². The summed E-state index contributed by atoms with van der Waals surface area (Å²) in [5.41, 5.74) is 1.17. The Morgan fingerprint density at radius 2 is 2.04 bits per heavy atom. The van der Waals surface area contributed by atoms with Gasteiger partial charge in [-0.3, -0.25) is 4.99 Å². The lowest BCUT2D eigenvalue weighted by Gasteiger charge is -2.12. The molecule has 2 N–H and O–H groups in total. The Kier molecular flexibility index (Phi) is 10.6. The van der Waals surface area contributed by atoms with Gasteiger partial charge >= 0.3 is 0 Å². The maximum atomic E-state index is 4.72. The number of guanidine groups is 1. The van der Waals surface area contributed by atoms with Gasteiger partial charge in [-0.05, 0) is 18.4 Å². The van der Waals surface area contributed by atoms with Crippen molar-refractivity contribution in [3.05, 3.63) is 38.5 Å². The molecule has 0 spiro atoms. The summed E-state index contributed by atoms with van der Waals surface area (Å²) >= 11 is 3.55. The Morgan fingerprint density at radius 3 is 2.64 bits per heavy atom. The molecular formula is C18H29IN4S2. The Hall–Kier alpha value is -0.670. The normalized spacial score (nSPS) is 12.8. The Labute approximate surface area is 176 Å². The lowest BCUT2D eigenvalue weighted by atomic mass is 10.1. The summed E-state index contributed by atoms with van der Waals surface area (Å²) in [7, 11) is 0. The lowest BCUT2D eigenvalue weighted by molar-refractivity contribution is 0.749. The van der Waals surface area contributed by atoms with Gasteiger partial charge in [-0.1, -0.05) is 26.8 Å². The van der Waals surface area contributed by atoms with Crippen molar-refractivity contribution in [2.45, 2.75) is 46.0 Å². The first-order valence-electron chi connectivity index (χ1n) is 8.60. The van der Waals surface area contributed by atoms with E-state index in [1.807, 2.05) is 0 Å². The van der Waals surface area contributed by atoms with Crippen LogP contribution in [0.1, 0.15) is 55.1 Å². The van der Waals surface area contributed by atoms with Crippen molar-refractivity contribution in [1.82, 2.24) is 15.6 Å². The van der Waals surface area contributed by atoms with E-state index in [0.717, 1.165) is 32.0 Å². The fourth-order valence-corrected chi connectivity index (χ4v) is 3.89. The van der Waals surface area contributed by atoms with Gasteiger partial charge in [-0.2, -0.15) is 0 Å². The van der Waals surface area contributed by atoms with Crippen LogP contribution in [-0.2, 0) is 6.42 Å². The quantitative estimate of drug-likeness (QED) is 0.315. The number of hydrogen-bond donors (Lipinski definition) is 2. The van der Waals surface area contributed by atoms with Crippen LogP contribution < -0.4 is 10.6 Å². The van der Waals surface area contributed by atoms with E-state index in [1.54, 1.807) is 22.7 Å². The molecule has 0 aliphatic rings. The van der Waals surface area contributed by atoms with Crippen LogP contribution in [0, 0.1) is 0 Å². The average molecular weight is 492 g/mol. The number of rotatable bonds is 8. The summed E-state index contributed by atoms with van der Waals surface area (Å²) < 4.78 is 0. The molecule has 0 aromatic carbocycles. The first-order valence-corrected chi connectivity index (χ1v) is 10.4. The molecule has 140 valence electrons. The first-order chi connectivity index (χ1) is 11.6. The summed E-state index contributed by atoms with van der Waals surface area (Å²) in [6.07, 6.45) is 0.925. The molecule has 2 rings (SSSR count). The van der Waals surface area contributed by atoms with Gasteiger partial charge in [0.05, 0.1) is 17.2 Å². The summed E-state index contributed by atoms with van der Waals surface area (Å²) in [6.45, 7) is 11.2. The SMILES string of the molecule is CCNC(=NCC(C)c1cccs1)NCCc1csc(C(C)C)n1.I. The molecule has 1 atom stereocenters. The minimum Gasteiger partial charge on any atom is -0.357 e. The molecule has 0 aliphatic heterocycles. The number of aliphatic imine (C=N–C) groups is 1. The van der Waals surface area contributed by atoms with E-state index in [2.05, 4.69) is 66.2 Å². The van der Waals surface area contributed by atoms with Crippen LogP contribution in [0.15, 0.2) is 27.9 Å². The Bertz CT molecular complexity index is 623. The van der Waals surface area contributed by atoms with E-state index < -0.39 is 0 Å². The van der Waals surface area contributed by atoms with Gasteiger partial charge in [-0.25, -0.2) is 4.98 Å². The van der Waals surface area contributed by atoms with E-state index in [1.165, 1.54) is 15.6 Å².